The van der Waals surface area contributed by atoms with Crippen molar-refractivity contribution in [3.05, 3.63) is 70.1 Å². The van der Waals surface area contributed by atoms with Crippen LogP contribution in [0.1, 0.15) is 44.9 Å². The number of hydrogen-bond donors (Lipinski definition) is 1. The van der Waals surface area contributed by atoms with Crippen LogP contribution in [0.25, 0.3) is 44.0 Å². The molecule has 0 bridgehead atoms. The standard InChI is InChI=1S/C28H25FN4O4S/c1-15(2)7-18-10-23-25(11-22(18)19-9-20(14-31-13-19)37-38(29,35)36)33(16(3)4)28-26(27(23)34)21-6-5-17(12-30)8-24(21)32-28/h5-6,8-11,13-16,32H,7H2,1-4H3. The minimum Gasteiger partial charge on any atom is -0.357 e. The summed E-state index contributed by atoms with van der Waals surface area (Å²) in [5.74, 6) is -0.000399. The number of nitriles is 1. The van der Waals surface area contributed by atoms with Gasteiger partial charge in [-0.15, -0.1) is 0 Å². The van der Waals surface area contributed by atoms with Crippen molar-refractivity contribution in [3.8, 4) is 22.9 Å². The second-order valence-corrected chi connectivity index (χ2v) is 11.0. The lowest BCUT2D eigenvalue weighted by Crippen LogP contribution is -2.14. The van der Waals surface area contributed by atoms with Crippen LogP contribution >= 0.6 is 0 Å². The molecule has 0 amide bonds. The first-order chi connectivity index (χ1) is 18.0. The fourth-order valence-corrected chi connectivity index (χ4v) is 5.39. The molecular weight excluding hydrogens is 507 g/mol. The molecule has 0 aliphatic carbocycles. The molecule has 1 N–H and O–H groups in total. The highest BCUT2D eigenvalue weighted by molar-refractivity contribution is 7.81. The van der Waals surface area contributed by atoms with Gasteiger partial charge in [0.15, 0.2) is 11.2 Å². The largest absolute Gasteiger partial charge is 0.488 e. The lowest BCUT2D eigenvalue weighted by Gasteiger charge is -2.20. The monoisotopic (exact) mass is 532 g/mol. The molecule has 0 atom stereocenters. The summed E-state index contributed by atoms with van der Waals surface area (Å²) in [6.45, 7) is 8.14. The van der Waals surface area contributed by atoms with Crippen molar-refractivity contribution < 1.29 is 16.5 Å². The molecule has 0 aliphatic rings. The Morgan fingerprint density at radius 2 is 1.87 bits per heavy atom. The van der Waals surface area contributed by atoms with Gasteiger partial charge in [0.25, 0.3) is 0 Å². The zero-order valence-electron chi connectivity index (χ0n) is 21.2. The Labute approximate surface area is 218 Å². The smallest absolute Gasteiger partial charge is 0.357 e. The number of aromatic amines is 1. The Morgan fingerprint density at radius 1 is 1.11 bits per heavy atom. The molecular formula is C28H25FN4O4S. The third-order valence-electron chi connectivity index (χ3n) is 6.47. The molecule has 2 aromatic carbocycles. The summed E-state index contributed by atoms with van der Waals surface area (Å²) in [6, 6.07) is 12.5. The molecule has 3 aromatic heterocycles. The molecule has 5 aromatic rings. The Bertz CT molecular complexity index is 1950. The highest BCUT2D eigenvalue weighted by Gasteiger charge is 2.21. The van der Waals surface area contributed by atoms with E-state index in [2.05, 4.69) is 34.1 Å². The van der Waals surface area contributed by atoms with E-state index in [1.165, 1.54) is 6.07 Å². The molecule has 38 heavy (non-hydrogen) atoms. The van der Waals surface area contributed by atoms with Crippen molar-refractivity contribution >= 4 is 43.3 Å². The van der Waals surface area contributed by atoms with Gasteiger partial charge in [0, 0.05) is 34.1 Å². The molecule has 0 saturated heterocycles. The Balaban J connectivity index is 1.88. The van der Waals surface area contributed by atoms with Gasteiger partial charge in [-0.2, -0.15) is 13.7 Å². The molecule has 10 heteroatoms. The van der Waals surface area contributed by atoms with Crippen molar-refractivity contribution in [2.45, 2.75) is 40.2 Å². The van der Waals surface area contributed by atoms with E-state index in [0.29, 0.717) is 45.0 Å². The number of nitrogens with one attached hydrogen (secondary N) is 1. The number of H-pyrrole nitrogens is 1. The predicted molar refractivity (Wildman–Crippen MR) is 145 cm³/mol. The van der Waals surface area contributed by atoms with E-state index in [1.807, 2.05) is 30.5 Å². The van der Waals surface area contributed by atoms with E-state index in [-0.39, 0.29) is 23.1 Å². The second-order valence-electron chi connectivity index (χ2n) is 10.0. The highest BCUT2D eigenvalue weighted by atomic mass is 32.3. The number of aromatic nitrogens is 3. The average Bonchev–Trinajstić information content (AvgIpc) is 3.21. The average molecular weight is 533 g/mol. The molecule has 3 heterocycles. The summed E-state index contributed by atoms with van der Waals surface area (Å²) in [5, 5.41) is 11.2. The van der Waals surface area contributed by atoms with Crippen molar-refractivity contribution in [1.82, 2.24) is 14.5 Å². The van der Waals surface area contributed by atoms with Crippen molar-refractivity contribution in [3.63, 3.8) is 0 Å². The molecule has 0 aliphatic heterocycles. The van der Waals surface area contributed by atoms with Gasteiger partial charge in [-0.1, -0.05) is 23.8 Å². The maximum Gasteiger partial charge on any atom is 0.488 e. The van der Waals surface area contributed by atoms with Gasteiger partial charge in [-0.25, -0.2) is 0 Å². The number of rotatable bonds is 6. The van der Waals surface area contributed by atoms with Gasteiger partial charge in [0.05, 0.1) is 28.7 Å². The first kappa shape index (κ1) is 25.4. The van der Waals surface area contributed by atoms with Gasteiger partial charge < -0.3 is 13.7 Å². The quantitative estimate of drug-likeness (QED) is 0.270. The molecule has 8 nitrogen and oxygen atoms in total. The SMILES string of the molecule is CC(C)Cc1cc2c(=O)c3c4ccc(C#N)cc4[nH]c3n(C(C)C)c2cc1-c1cncc(OS(=O)(=O)F)c1. The summed E-state index contributed by atoms with van der Waals surface area (Å²) < 4.78 is 41.8. The van der Waals surface area contributed by atoms with Crippen LogP contribution in [0.2, 0.25) is 0 Å². The molecule has 0 saturated carbocycles. The molecule has 194 valence electrons. The summed E-state index contributed by atoms with van der Waals surface area (Å²) >= 11 is 0. The third-order valence-corrected chi connectivity index (χ3v) is 6.86. The fraction of sp³-hybridized carbons (Fsp3) is 0.250. The minimum absolute atomic E-state index is 0.0441. The van der Waals surface area contributed by atoms with Crippen LogP contribution in [-0.4, -0.2) is 23.0 Å². The maximum atomic E-state index is 13.9. The van der Waals surface area contributed by atoms with Gasteiger partial charge in [-0.3, -0.25) is 9.78 Å². The Morgan fingerprint density at radius 3 is 2.53 bits per heavy atom. The van der Waals surface area contributed by atoms with Gasteiger partial charge in [0.2, 0.25) is 0 Å². The second kappa shape index (κ2) is 9.26. The van der Waals surface area contributed by atoms with Crippen LogP contribution in [0.3, 0.4) is 0 Å². The van der Waals surface area contributed by atoms with Crippen molar-refractivity contribution in [2.24, 2.45) is 5.92 Å². The number of halogens is 1. The lowest BCUT2D eigenvalue weighted by molar-refractivity contribution is 0.439. The van der Waals surface area contributed by atoms with Crippen molar-refractivity contribution in [1.29, 1.82) is 5.26 Å². The number of benzene rings is 2. The summed E-state index contributed by atoms with van der Waals surface area (Å²) in [7, 11) is -5.22. The molecule has 0 fully saturated rings. The number of hydrogen-bond acceptors (Lipinski definition) is 6. The van der Waals surface area contributed by atoms with Gasteiger partial charge in [0.1, 0.15) is 5.65 Å². The molecule has 0 unspecified atom stereocenters. The Hall–Kier alpha value is -4.23. The minimum atomic E-state index is -5.22. The van der Waals surface area contributed by atoms with E-state index in [9.17, 15) is 22.4 Å². The number of nitrogens with zero attached hydrogens (tertiary/aromatic N) is 3. The normalized spacial score (nSPS) is 12.2. The highest BCUT2D eigenvalue weighted by Crippen LogP contribution is 2.35. The topological polar surface area (TPSA) is 118 Å². The summed E-state index contributed by atoms with van der Waals surface area (Å²) in [5.41, 5.74) is 4.51. The Kier molecular flexibility index (Phi) is 6.19. The number of pyridine rings is 2. The number of fused-ring (bicyclic) bond motifs is 4. The van der Waals surface area contributed by atoms with E-state index in [1.54, 1.807) is 24.4 Å². The van der Waals surface area contributed by atoms with Crippen LogP contribution in [0.5, 0.6) is 5.75 Å². The summed E-state index contributed by atoms with van der Waals surface area (Å²) in [4.78, 5) is 21.4. The molecule has 0 radical (unpaired) electrons. The van der Waals surface area contributed by atoms with Crippen LogP contribution < -0.4 is 9.61 Å². The van der Waals surface area contributed by atoms with Gasteiger partial charge >= 0.3 is 10.5 Å². The first-order valence-corrected chi connectivity index (χ1v) is 13.4. The maximum absolute atomic E-state index is 13.9. The molecule has 0 spiro atoms. The van der Waals surface area contributed by atoms with Gasteiger partial charge in [-0.05, 0) is 67.6 Å². The van der Waals surface area contributed by atoms with E-state index >= 15 is 0 Å². The third kappa shape index (κ3) is 4.50. The first-order valence-electron chi connectivity index (χ1n) is 12.1. The van der Waals surface area contributed by atoms with Crippen LogP contribution in [0.4, 0.5) is 3.89 Å². The zero-order chi connectivity index (χ0) is 27.4. The van der Waals surface area contributed by atoms with Crippen molar-refractivity contribution in [2.75, 3.05) is 0 Å². The predicted octanol–water partition coefficient (Wildman–Crippen LogP) is 5.94. The van der Waals surface area contributed by atoms with E-state index in [0.717, 1.165) is 22.7 Å². The lowest BCUT2D eigenvalue weighted by atomic mass is 9.92. The molecule has 5 rings (SSSR count). The van der Waals surface area contributed by atoms with Crippen LogP contribution in [0, 0.1) is 17.2 Å². The van der Waals surface area contributed by atoms with Crippen LogP contribution in [0.15, 0.2) is 53.6 Å². The van der Waals surface area contributed by atoms with Crippen LogP contribution in [-0.2, 0) is 16.9 Å². The fourth-order valence-electron chi connectivity index (χ4n) is 5.07. The zero-order valence-corrected chi connectivity index (χ0v) is 22.1. The van der Waals surface area contributed by atoms with E-state index < -0.39 is 10.5 Å². The van der Waals surface area contributed by atoms with E-state index in [4.69, 9.17) is 0 Å². The summed E-state index contributed by atoms with van der Waals surface area (Å²) in [6.07, 6.45) is 3.30.